The van der Waals surface area contributed by atoms with Gasteiger partial charge in [0.1, 0.15) is 6.34 Å². The Hall–Kier alpha value is -1.25. The molecule has 9 heteroatoms. The van der Waals surface area contributed by atoms with E-state index in [4.69, 9.17) is 23.2 Å². The fraction of sp³-hybridized carbons (Fsp3) is 0.278. The highest BCUT2D eigenvalue weighted by Crippen LogP contribution is 2.30. The molecule has 0 aliphatic heterocycles. The Balaban J connectivity index is 2.19. The highest BCUT2D eigenvalue weighted by molar-refractivity contribution is 8.07. The molecule has 0 fully saturated rings. The van der Waals surface area contributed by atoms with E-state index in [2.05, 4.69) is 4.99 Å². The molecule has 0 unspecified atom stereocenters. The Labute approximate surface area is 175 Å². The molecule has 0 aliphatic carbocycles. The zero-order valence-electron chi connectivity index (χ0n) is 15.4. The van der Waals surface area contributed by atoms with Crippen LogP contribution in [0.1, 0.15) is 19.4 Å². The van der Waals surface area contributed by atoms with Crippen LogP contribution < -0.4 is 0 Å². The average Bonchev–Trinajstić information content (AvgIpc) is 2.59. The third kappa shape index (κ3) is 5.86. The van der Waals surface area contributed by atoms with Crippen molar-refractivity contribution in [3.05, 3.63) is 58.1 Å². The van der Waals surface area contributed by atoms with E-state index in [-0.39, 0.29) is 10.9 Å². The third-order valence-electron chi connectivity index (χ3n) is 3.46. The van der Waals surface area contributed by atoms with Crippen LogP contribution in [0.2, 0.25) is 10.0 Å². The summed E-state index contributed by atoms with van der Waals surface area (Å²) in [5.74, 6) is 0. The first-order valence-electron chi connectivity index (χ1n) is 8.12. The number of aryl methyl sites for hydroxylation is 1. The van der Waals surface area contributed by atoms with Gasteiger partial charge in [0.15, 0.2) is 0 Å². The van der Waals surface area contributed by atoms with E-state index < -0.39 is 10.0 Å². The molecule has 0 aliphatic rings. The van der Waals surface area contributed by atoms with Crippen LogP contribution >= 0.6 is 35.3 Å². The summed E-state index contributed by atoms with van der Waals surface area (Å²) in [7, 11) is -1.94. The van der Waals surface area contributed by atoms with Gasteiger partial charge in [-0.1, -0.05) is 40.9 Å². The minimum atomic E-state index is -3.66. The Bertz CT molecular complexity index is 917. The van der Waals surface area contributed by atoms with E-state index >= 15 is 0 Å². The van der Waals surface area contributed by atoms with Gasteiger partial charge in [0.05, 0.1) is 27.7 Å². The summed E-state index contributed by atoms with van der Waals surface area (Å²) in [4.78, 5) is 4.54. The molecule has 0 atom stereocenters. The molecule has 5 nitrogen and oxygen atoms in total. The highest BCUT2D eigenvalue weighted by atomic mass is 35.5. The fourth-order valence-corrected chi connectivity index (χ4v) is 5.26. The van der Waals surface area contributed by atoms with Gasteiger partial charge in [0.25, 0.3) is 10.0 Å². The van der Waals surface area contributed by atoms with Crippen LogP contribution in [0.25, 0.3) is 0 Å². The van der Waals surface area contributed by atoms with Gasteiger partial charge in [-0.15, -0.1) is 3.71 Å². The minimum Gasteiger partial charge on any atom is -0.296 e. The smallest absolute Gasteiger partial charge is 0.253 e. The van der Waals surface area contributed by atoms with Crippen molar-refractivity contribution >= 4 is 57.4 Å². The van der Waals surface area contributed by atoms with Crippen molar-refractivity contribution in [1.29, 1.82) is 0 Å². The van der Waals surface area contributed by atoms with Gasteiger partial charge in [-0.3, -0.25) is 4.31 Å². The lowest BCUT2D eigenvalue weighted by atomic mass is 10.2. The molecule has 0 heterocycles. The summed E-state index contributed by atoms with van der Waals surface area (Å²) in [6, 6.07) is 11.5. The summed E-state index contributed by atoms with van der Waals surface area (Å²) in [5, 5.41) is 0.946. The summed E-state index contributed by atoms with van der Waals surface area (Å²) in [6.45, 7) is 5.55. The number of rotatable bonds is 7. The minimum absolute atomic E-state index is 0.250. The molecule has 0 saturated heterocycles. The molecule has 146 valence electrons. The monoisotopic (exact) mass is 445 g/mol. The number of aliphatic imine (C=N–C) groups is 1. The van der Waals surface area contributed by atoms with Crippen molar-refractivity contribution in [2.24, 2.45) is 4.99 Å². The zero-order chi connectivity index (χ0) is 20.2. The molecule has 0 N–H and O–H groups in total. The van der Waals surface area contributed by atoms with Gasteiger partial charge in [0, 0.05) is 18.1 Å². The molecule has 0 aromatic heterocycles. The van der Waals surface area contributed by atoms with Gasteiger partial charge in [-0.2, -0.15) is 0 Å². The van der Waals surface area contributed by atoms with Crippen molar-refractivity contribution < 1.29 is 8.42 Å². The Morgan fingerprint density at radius 3 is 2.30 bits per heavy atom. The predicted molar refractivity (Wildman–Crippen MR) is 115 cm³/mol. The molecule has 0 bridgehead atoms. The summed E-state index contributed by atoms with van der Waals surface area (Å²) in [5.41, 5.74) is 1.55. The summed E-state index contributed by atoms with van der Waals surface area (Å²) in [6.07, 6.45) is 1.51. The molecule has 0 radical (unpaired) electrons. The molecular formula is C18H21Cl2N3O2S2. The van der Waals surface area contributed by atoms with Crippen LogP contribution in [-0.4, -0.2) is 35.9 Å². The number of nitrogens with zero attached hydrogens (tertiary/aromatic N) is 3. The van der Waals surface area contributed by atoms with Crippen molar-refractivity contribution in [2.45, 2.75) is 31.7 Å². The van der Waals surface area contributed by atoms with E-state index in [1.807, 2.05) is 20.8 Å². The topological polar surface area (TPSA) is 53.0 Å². The summed E-state index contributed by atoms with van der Waals surface area (Å²) >= 11 is 13.0. The largest absolute Gasteiger partial charge is 0.296 e. The standard InChI is InChI=1S/C18H21Cl2N3O2S2/c1-13(2)23(27(24,25)16-8-5-14(3)6-9-16)26-22(4)12-21-18-10-7-15(19)11-17(18)20/h5-13H,1-4H3. The lowest BCUT2D eigenvalue weighted by Gasteiger charge is -2.27. The number of benzene rings is 2. The van der Waals surface area contributed by atoms with Crippen LogP contribution in [-0.2, 0) is 10.0 Å². The first-order chi connectivity index (χ1) is 12.6. The normalized spacial score (nSPS) is 12.3. The van der Waals surface area contributed by atoms with Crippen LogP contribution in [0.3, 0.4) is 0 Å². The molecule has 2 rings (SSSR count). The lowest BCUT2D eigenvalue weighted by Crippen LogP contribution is -2.34. The predicted octanol–water partition coefficient (Wildman–Crippen LogP) is 5.56. The van der Waals surface area contributed by atoms with E-state index in [1.165, 1.54) is 10.0 Å². The van der Waals surface area contributed by atoms with Gasteiger partial charge in [-0.05, 0) is 51.1 Å². The summed E-state index contributed by atoms with van der Waals surface area (Å²) < 4.78 is 28.9. The average molecular weight is 446 g/mol. The molecule has 2 aromatic carbocycles. The molecule has 2 aromatic rings. The quantitative estimate of drug-likeness (QED) is 0.318. The van der Waals surface area contributed by atoms with Crippen LogP contribution in [0, 0.1) is 6.92 Å². The second-order valence-corrected chi connectivity index (χ2v) is 10.2. The fourth-order valence-electron chi connectivity index (χ4n) is 2.11. The Kier molecular flexibility index (Phi) is 7.59. The van der Waals surface area contributed by atoms with Crippen LogP contribution in [0.4, 0.5) is 5.69 Å². The maximum Gasteiger partial charge on any atom is 0.253 e. The number of hydrogen-bond donors (Lipinski definition) is 0. The Morgan fingerprint density at radius 1 is 1.11 bits per heavy atom. The van der Waals surface area contributed by atoms with Crippen LogP contribution in [0.15, 0.2) is 52.4 Å². The lowest BCUT2D eigenvalue weighted by molar-refractivity contribution is 0.495. The molecule has 27 heavy (non-hydrogen) atoms. The highest BCUT2D eigenvalue weighted by Gasteiger charge is 2.29. The molecular weight excluding hydrogens is 425 g/mol. The zero-order valence-corrected chi connectivity index (χ0v) is 18.6. The van der Waals surface area contributed by atoms with Gasteiger partial charge in [0.2, 0.25) is 0 Å². The van der Waals surface area contributed by atoms with Crippen molar-refractivity contribution in [3.63, 3.8) is 0 Å². The molecule has 0 amide bonds. The second kappa shape index (κ2) is 9.30. The van der Waals surface area contributed by atoms with Crippen molar-refractivity contribution in [3.8, 4) is 0 Å². The van der Waals surface area contributed by atoms with Crippen molar-refractivity contribution in [2.75, 3.05) is 7.05 Å². The van der Waals surface area contributed by atoms with E-state index in [1.54, 1.807) is 53.8 Å². The van der Waals surface area contributed by atoms with Gasteiger partial charge < -0.3 is 0 Å². The SMILES string of the molecule is Cc1ccc(S(=O)(=O)N(SN(C)C=Nc2ccc(Cl)cc2Cl)C(C)C)cc1. The number of halogens is 2. The first-order valence-corrected chi connectivity index (χ1v) is 11.0. The van der Waals surface area contributed by atoms with Gasteiger partial charge >= 0.3 is 0 Å². The van der Waals surface area contributed by atoms with E-state index in [9.17, 15) is 8.42 Å². The van der Waals surface area contributed by atoms with Crippen LogP contribution in [0.5, 0.6) is 0 Å². The second-order valence-electron chi connectivity index (χ2n) is 6.14. The Morgan fingerprint density at radius 2 is 1.74 bits per heavy atom. The van der Waals surface area contributed by atoms with E-state index in [0.29, 0.717) is 15.7 Å². The van der Waals surface area contributed by atoms with Crippen molar-refractivity contribution in [1.82, 2.24) is 8.02 Å². The first kappa shape index (κ1) is 22.0. The van der Waals surface area contributed by atoms with E-state index in [0.717, 1.165) is 17.7 Å². The molecule has 0 saturated carbocycles. The maximum absolute atomic E-state index is 13.0. The number of hydrogen-bond acceptors (Lipinski definition) is 4. The maximum atomic E-state index is 13.0. The molecule has 0 spiro atoms. The van der Waals surface area contributed by atoms with Gasteiger partial charge in [-0.25, -0.2) is 13.4 Å². The third-order valence-corrected chi connectivity index (χ3v) is 7.48. The number of sulfonamides is 1.